The van der Waals surface area contributed by atoms with E-state index in [0.717, 1.165) is 12.8 Å². The highest BCUT2D eigenvalue weighted by Crippen LogP contribution is 2.30. The lowest BCUT2D eigenvalue weighted by molar-refractivity contribution is -0.147. The molecular weight excluding hydrogens is 188 g/mol. The zero-order valence-corrected chi connectivity index (χ0v) is 9.19. The average Bonchev–Trinajstić information content (AvgIpc) is 2.27. The van der Waals surface area contributed by atoms with Gasteiger partial charge in [-0.25, -0.2) is 0 Å². The first-order chi connectivity index (χ1) is 7.22. The predicted octanol–water partition coefficient (Wildman–Crippen LogP) is 2.21. The normalized spacial score (nSPS) is 24.4. The highest BCUT2D eigenvalue weighted by Gasteiger charge is 2.31. The third-order valence-electron chi connectivity index (χ3n) is 3.29. The van der Waals surface area contributed by atoms with E-state index in [4.69, 9.17) is 4.74 Å². The van der Waals surface area contributed by atoms with Crippen LogP contribution in [0.1, 0.15) is 18.1 Å². The number of ether oxygens (including phenoxy) is 1. The van der Waals surface area contributed by atoms with Crippen LogP contribution in [0.15, 0.2) is 24.3 Å². The van der Waals surface area contributed by atoms with Crippen LogP contribution in [0.3, 0.4) is 0 Å². The van der Waals surface area contributed by atoms with Crippen molar-refractivity contribution in [3.05, 3.63) is 35.4 Å². The zero-order valence-electron chi connectivity index (χ0n) is 9.19. The summed E-state index contributed by atoms with van der Waals surface area (Å²) < 4.78 is 4.84. The van der Waals surface area contributed by atoms with E-state index in [9.17, 15) is 4.79 Å². The van der Waals surface area contributed by atoms with E-state index in [1.54, 1.807) is 0 Å². The molecule has 2 unspecified atom stereocenters. The minimum absolute atomic E-state index is 0.0323. The van der Waals surface area contributed by atoms with Crippen LogP contribution in [0.25, 0.3) is 0 Å². The highest BCUT2D eigenvalue weighted by molar-refractivity contribution is 5.73. The quantitative estimate of drug-likeness (QED) is 0.656. The molecule has 0 N–H and O–H groups in total. The van der Waals surface area contributed by atoms with Crippen molar-refractivity contribution in [3.8, 4) is 0 Å². The molecule has 1 aliphatic carbocycles. The summed E-state index contributed by atoms with van der Waals surface area (Å²) in [7, 11) is 1.47. The Kier molecular flexibility index (Phi) is 2.76. The Hall–Kier alpha value is -1.31. The molecule has 0 spiro atoms. The lowest BCUT2D eigenvalue weighted by Crippen LogP contribution is -2.30. The third-order valence-corrected chi connectivity index (χ3v) is 3.29. The van der Waals surface area contributed by atoms with Crippen LogP contribution in [-0.4, -0.2) is 13.1 Å². The van der Waals surface area contributed by atoms with Crippen LogP contribution in [0.5, 0.6) is 0 Å². The van der Waals surface area contributed by atoms with E-state index in [2.05, 4.69) is 25.1 Å². The molecule has 0 amide bonds. The van der Waals surface area contributed by atoms with Gasteiger partial charge in [-0.05, 0) is 29.9 Å². The van der Waals surface area contributed by atoms with Gasteiger partial charge in [0.05, 0.1) is 13.0 Å². The van der Waals surface area contributed by atoms with Crippen LogP contribution in [0.2, 0.25) is 0 Å². The molecule has 80 valence electrons. The lowest BCUT2D eigenvalue weighted by Gasteiger charge is -2.28. The molecule has 0 bridgehead atoms. The molecule has 0 saturated heterocycles. The summed E-state index contributed by atoms with van der Waals surface area (Å²) >= 11 is 0. The van der Waals surface area contributed by atoms with E-state index < -0.39 is 0 Å². The van der Waals surface area contributed by atoms with Crippen LogP contribution in [0, 0.1) is 11.8 Å². The van der Waals surface area contributed by atoms with E-state index in [0.29, 0.717) is 5.92 Å². The summed E-state index contributed by atoms with van der Waals surface area (Å²) in [5, 5.41) is 0. The van der Waals surface area contributed by atoms with Crippen LogP contribution < -0.4 is 0 Å². The Morgan fingerprint density at radius 1 is 1.27 bits per heavy atom. The van der Waals surface area contributed by atoms with Crippen molar-refractivity contribution in [3.63, 3.8) is 0 Å². The van der Waals surface area contributed by atoms with Crippen molar-refractivity contribution in [1.29, 1.82) is 0 Å². The zero-order chi connectivity index (χ0) is 10.8. The molecule has 2 atom stereocenters. The first kappa shape index (κ1) is 10.2. The van der Waals surface area contributed by atoms with Crippen molar-refractivity contribution >= 4 is 5.97 Å². The molecule has 0 heterocycles. The van der Waals surface area contributed by atoms with Crippen molar-refractivity contribution in [1.82, 2.24) is 0 Å². The minimum atomic E-state index is -0.0722. The number of methoxy groups -OCH3 is 1. The van der Waals surface area contributed by atoms with Crippen molar-refractivity contribution in [2.75, 3.05) is 7.11 Å². The maximum absolute atomic E-state index is 11.6. The number of carbonyl (C=O) groups is 1. The first-order valence-corrected chi connectivity index (χ1v) is 5.37. The van der Waals surface area contributed by atoms with Crippen molar-refractivity contribution < 1.29 is 9.53 Å². The molecule has 1 aromatic carbocycles. The monoisotopic (exact) mass is 204 g/mol. The Morgan fingerprint density at radius 2 is 1.87 bits per heavy atom. The molecule has 2 rings (SSSR count). The van der Waals surface area contributed by atoms with E-state index >= 15 is 0 Å². The van der Waals surface area contributed by atoms with Gasteiger partial charge in [-0.3, -0.25) is 4.79 Å². The second-order valence-electron chi connectivity index (χ2n) is 4.28. The number of fused-ring (bicyclic) bond motifs is 1. The maximum Gasteiger partial charge on any atom is 0.309 e. The first-order valence-electron chi connectivity index (χ1n) is 5.37. The number of esters is 1. The molecule has 2 heteroatoms. The fourth-order valence-corrected chi connectivity index (χ4v) is 2.35. The number of hydrogen-bond donors (Lipinski definition) is 0. The van der Waals surface area contributed by atoms with Gasteiger partial charge in [0.1, 0.15) is 0 Å². The van der Waals surface area contributed by atoms with Crippen molar-refractivity contribution in [2.45, 2.75) is 19.8 Å². The van der Waals surface area contributed by atoms with Crippen LogP contribution in [0.4, 0.5) is 0 Å². The third kappa shape index (κ3) is 1.89. The van der Waals surface area contributed by atoms with E-state index in [1.165, 1.54) is 18.2 Å². The molecule has 15 heavy (non-hydrogen) atoms. The summed E-state index contributed by atoms with van der Waals surface area (Å²) in [6.45, 7) is 2.12. The summed E-state index contributed by atoms with van der Waals surface area (Å²) in [5.74, 6) is 0.342. The van der Waals surface area contributed by atoms with Gasteiger partial charge >= 0.3 is 5.97 Å². The lowest BCUT2D eigenvalue weighted by atomic mass is 9.77. The topological polar surface area (TPSA) is 26.3 Å². The molecule has 0 fully saturated rings. The number of hydrogen-bond acceptors (Lipinski definition) is 2. The van der Waals surface area contributed by atoms with E-state index in [-0.39, 0.29) is 11.9 Å². The highest BCUT2D eigenvalue weighted by atomic mass is 16.5. The molecule has 0 saturated carbocycles. The summed E-state index contributed by atoms with van der Waals surface area (Å²) in [4.78, 5) is 11.6. The maximum atomic E-state index is 11.6. The number of benzene rings is 1. The Labute approximate surface area is 90.3 Å². The smallest absolute Gasteiger partial charge is 0.309 e. The van der Waals surface area contributed by atoms with Gasteiger partial charge in [0.2, 0.25) is 0 Å². The standard InChI is InChI=1S/C13H16O2/c1-9-7-10-5-3-4-6-11(10)8-12(9)13(14)15-2/h3-6,9,12H,7-8H2,1-2H3. The number of carbonyl (C=O) groups excluding carboxylic acids is 1. The SMILES string of the molecule is COC(=O)C1Cc2ccccc2CC1C. The second kappa shape index (κ2) is 4.05. The molecule has 1 aromatic rings. The summed E-state index contributed by atoms with van der Waals surface area (Å²) in [6, 6.07) is 8.35. The average molecular weight is 204 g/mol. The fraction of sp³-hybridized carbons (Fsp3) is 0.462. The fourth-order valence-electron chi connectivity index (χ4n) is 2.35. The molecule has 0 radical (unpaired) electrons. The molecular formula is C13H16O2. The van der Waals surface area contributed by atoms with Crippen LogP contribution >= 0.6 is 0 Å². The molecule has 2 nitrogen and oxygen atoms in total. The Morgan fingerprint density at radius 3 is 2.47 bits per heavy atom. The minimum Gasteiger partial charge on any atom is -0.469 e. The molecule has 1 aliphatic rings. The van der Waals surface area contributed by atoms with Gasteiger partial charge < -0.3 is 4.74 Å². The number of rotatable bonds is 1. The molecule has 0 aliphatic heterocycles. The van der Waals surface area contributed by atoms with Crippen LogP contribution in [-0.2, 0) is 22.4 Å². The summed E-state index contributed by atoms with van der Waals surface area (Å²) in [6.07, 6.45) is 1.81. The van der Waals surface area contributed by atoms with Crippen molar-refractivity contribution in [2.24, 2.45) is 11.8 Å². The van der Waals surface area contributed by atoms with Gasteiger partial charge in [0.15, 0.2) is 0 Å². The largest absolute Gasteiger partial charge is 0.469 e. The predicted molar refractivity (Wildman–Crippen MR) is 58.5 cm³/mol. The van der Waals surface area contributed by atoms with Gasteiger partial charge in [0, 0.05) is 0 Å². The second-order valence-corrected chi connectivity index (χ2v) is 4.28. The Balaban J connectivity index is 2.25. The Bertz CT molecular complexity index is 371. The van der Waals surface area contributed by atoms with Gasteiger partial charge in [-0.2, -0.15) is 0 Å². The molecule has 0 aromatic heterocycles. The van der Waals surface area contributed by atoms with E-state index in [1.807, 2.05) is 6.07 Å². The van der Waals surface area contributed by atoms with Gasteiger partial charge in [-0.1, -0.05) is 31.2 Å². The van der Waals surface area contributed by atoms with Gasteiger partial charge in [-0.15, -0.1) is 0 Å². The summed E-state index contributed by atoms with van der Waals surface area (Å²) in [5.41, 5.74) is 2.68. The van der Waals surface area contributed by atoms with Gasteiger partial charge in [0.25, 0.3) is 0 Å².